The Morgan fingerprint density at radius 1 is 0.917 bits per heavy atom. The van der Waals surface area contributed by atoms with Crippen LogP contribution in [-0.2, 0) is 21.1 Å². The van der Waals surface area contributed by atoms with Crippen molar-refractivity contribution in [1.29, 1.82) is 0 Å². The van der Waals surface area contributed by atoms with E-state index in [0.717, 1.165) is 16.7 Å². The van der Waals surface area contributed by atoms with Crippen LogP contribution >= 0.6 is 0 Å². The molecule has 0 bridgehead atoms. The van der Waals surface area contributed by atoms with E-state index in [1.165, 1.54) is 38.1 Å². The number of sulfone groups is 1. The van der Waals surface area contributed by atoms with Crippen LogP contribution in [0.3, 0.4) is 0 Å². The minimum atomic E-state index is -3.60. The van der Waals surface area contributed by atoms with Gasteiger partial charge in [-0.2, -0.15) is 0 Å². The van der Waals surface area contributed by atoms with Crippen LogP contribution in [0, 0.1) is 6.92 Å². The Bertz CT molecular complexity index is 1450. The molecule has 3 aromatic carbocycles. The van der Waals surface area contributed by atoms with E-state index in [1.807, 2.05) is 54.6 Å². The molecule has 0 unspecified atom stereocenters. The summed E-state index contributed by atoms with van der Waals surface area (Å²) in [4.78, 5) is 15.9. The fourth-order valence-corrected chi connectivity index (χ4v) is 4.87. The molecule has 8 heteroatoms. The molecule has 0 radical (unpaired) electrons. The van der Waals surface area contributed by atoms with Gasteiger partial charge in [0.1, 0.15) is 11.5 Å². The smallest absolute Gasteiger partial charge is 0.347 e. The minimum absolute atomic E-state index is 0.126. The van der Waals surface area contributed by atoms with Gasteiger partial charge >= 0.3 is 5.97 Å². The van der Waals surface area contributed by atoms with Crippen molar-refractivity contribution >= 4 is 15.8 Å². The largest absolute Gasteiger partial charge is 0.478 e. The van der Waals surface area contributed by atoms with Crippen LogP contribution < -0.4 is 4.74 Å². The Hall–Kier alpha value is -3.91. The van der Waals surface area contributed by atoms with Crippen molar-refractivity contribution < 1.29 is 27.5 Å². The highest BCUT2D eigenvalue weighted by atomic mass is 32.2. The second-order valence-electron chi connectivity index (χ2n) is 8.92. The summed E-state index contributed by atoms with van der Waals surface area (Å²) < 4.78 is 37.0. The van der Waals surface area contributed by atoms with Gasteiger partial charge in [-0.3, -0.25) is 0 Å². The number of hydrogen-bond donors (Lipinski definition) is 1. The number of rotatable bonds is 9. The minimum Gasteiger partial charge on any atom is -0.478 e. The monoisotopic (exact) mass is 505 g/mol. The van der Waals surface area contributed by atoms with E-state index in [0.29, 0.717) is 17.3 Å². The Kier molecular flexibility index (Phi) is 6.99. The van der Waals surface area contributed by atoms with Crippen LogP contribution in [0.25, 0.3) is 22.6 Å². The third-order valence-corrected chi connectivity index (χ3v) is 7.54. The molecule has 36 heavy (non-hydrogen) atoms. The van der Waals surface area contributed by atoms with Crippen molar-refractivity contribution in [2.24, 2.45) is 0 Å². The van der Waals surface area contributed by atoms with Gasteiger partial charge in [-0.05, 0) is 68.3 Å². The average molecular weight is 506 g/mol. The highest BCUT2D eigenvalue weighted by molar-refractivity contribution is 7.91. The highest BCUT2D eigenvalue weighted by Gasteiger charge is 2.29. The Balaban J connectivity index is 1.43. The van der Waals surface area contributed by atoms with E-state index in [9.17, 15) is 18.3 Å². The average Bonchev–Trinajstić information content (AvgIpc) is 3.24. The van der Waals surface area contributed by atoms with Gasteiger partial charge in [0, 0.05) is 12.0 Å². The fraction of sp³-hybridized carbons (Fsp3) is 0.214. The first-order valence-electron chi connectivity index (χ1n) is 11.4. The van der Waals surface area contributed by atoms with Gasteiger partial charge in [-0.25, -0.2) is 18.2 Å². The molecule has 1 N–H and O–H groups in total. The second-order valence-corrected chi connectivity index (χ2v) is 11.0. The van der Waals surface area contributed by atoms with E-state index in [2.05, 4.69) is 4.98 Å². The summed E-state index contributed by atoms with van der Waals surface area (Å²) in [5, 5.41) is 9.19. The maximum Gasteiger partial charge on any atom is 0.347 e. The molecule has 0 spiro atoms. The standard InChI is InChI=1S/C28H27NO6S/c1-19-25(29-26(34-19)22-11-9-21(10-12-22)20-7-5-4-6-8-20)17-18-36(32,33)24-15-13-23(14-16-24)35-28(2,3)27(30)31/h4-16H,17-18H2,1-3H3,(H,30,31). The molecule has 0 atom stereocenters. The predicted octanol–water partition coefficient (Wildman–Crippen LogP) is 5.58. The molecule has 1 aromatic heterocycles. The number of ether oxygens (including phenoxy) is 1. The number of aliphatic carboxylic acids is 1. The zero-order chi connectivity index (χ0) is 25.9. The third kappa shape index (κ3) is 5.66. The zero-order valence-electron chi connectivity index (χ0n) is 20.3. The highest BCUT2D eigenvalue weighted by Crippen LogP contribution is 2.27. The first kappa shape index (κ1) is 25.2. The van der Waals surface area contributed by atoms with Gasteiger partial charge in [-0.15, -0.1) is 0 Å². The van der Waals surface area contributed by atoms with E-state index in [4.69, 9.17) is 9.15 Å². The molecule has 0 aliphatic heterocycles. The summed E-state index contributed by atoms with van der Waals surface area (Å²) in [6, 6.07) is 23.6. The van der Waals surface area contributed by atoms with Crippen LogP contribution in [0.1, 0.15) is 25.3 Å². The van der Waals surface area contributed by atoms with Crippen LogP contribution in [0.2, 0.25) is 0 Å². The summed E-state index contributed by atoms with van der Waals surface area (Å²) in [6.07, 6.45) is 0.198. The molecule has 0 amide bonds. The predicted molar refractivity (Wildman–Crippen MR) is 137 cm³/mol. The van der Waals surface area contributed by atoms with Gasteiger partial charge in [-0.1, -0.05) is 42.5 Å². The summed E-state index contributed by atoms with van der Waals surface area (Å²) in [7, 11) is -3.60. The molecular weight excluding hydrogens is 478 g/mol. The SMILES string of the molecule is Cc1oc(-c2ccc(-c3ccccc3)cc2)nc1CCS(=O)(=O)c1ccc(OC(C)(C)C(=O)O)cc1. The molecule has 1 heterocycles. The molecule has 0 aliphatic rings. The van der Waals surface area contributed by atoms with Crippen molar-refractivity contribution in [2.75, 3.05) is 5.75 Å². The quantitative estimate of drug-likeness (QED) is 0.317. The topological polar surface area (TPSA) is 107 Å². The number of benzene rings is 3. The lowest BCUT2D eigenvalue weighted by Crippen LogP contribution is -2.37. The molecule has 4 rings (SSSR count). The third-order valence-electron chi connectivity index (χ3n) is 5.81. The summed E-state index contributed by atoms with van der Waals surface area (Å²) in [6.45, 7) is 4.62. The van der Waals surface area contributed by atoms with E-state index >= 15 is 0 Å². The molecule has 0 saturated heterocycles. The first-order chi connectivity index (χ1) is 17.0. The lowest BCUT2D eigenvalue weighted by molar-refractivity contribution is -0.152. The van der Waals surface area contributed by atoms with Gasteiger partial charge in [0.25, 0.3) is 0 Å². The number of nitrogens with zero attached hydrogens (tertiary/aromatic N) is 1. The van der Waals surface area contributed by atoms with Crippen molar-refractivity contribution in [3.8, 4) is 28.3 Å². The zero-order valence-corrected chi connectivity index (χ0v) is 21.1. The number of aryl methyl sites for hydroxylation is 2. The van der Waals surface area contributed by atoms with Gasteiger partial charge < -0.3 is 14.3 Å². The lowest BCUT2D eigenvalue weighted by Gasteiger charge is -2.21. The Labute approximate surface area is 210 Å². The molecule has 4 aromatic rings. The normalized spacial score (nSPS) is 11.9. The van der Waals surface area contributed by atoms with Crippen LogP contribution in [0.5, 0.6) is 5.75 Å². The van der Waals surface area contributed by atoms with Crippen LogP contribution in [-0.4, -0.2) is 35.8 Å². The number of carbonyl (C=O) groups is 1. The number of hydrogen-bond acceptors (Lipinski definition) is 6. The molecule has 7 nitrogen and oxygen atoms in total. The number of aromatic nitrogens is 1. The summed E-state index contributed by atoms with van der Waals surface area (Å²) in [5.74, 6) is 0.0347. The second kappa shape index (κ2) is 9.99. The van der Waals surface area contributed by atoms with Gasteiger partial charge in [0.05, 0.1) is 16.3 Å². The maximum absolute atomic E-state index is 12.9. The van der Waals surface area contributed by atoms with Crippen molar-refractivity contribution in [1.82, 2.24) is 4.98 Å². The lowest BCUT2D eigenvalue weighted by atomic mass is 10.0. The Morgan fingerprint density at radius 3 is 2.11 bits per heavy atom. The molecular formula is C28H27NO6S. The summed E-state index contributed by atoms with van der Waals surface area (Å²) in [5.41, 5.74) is 2.17. The first-order valence-corrected chi connectivity index (χ1v) is 13.1. The van der Waals surface area contributed by atoms with Gasteiger partial charge in [0.15, 0.2) is 15.4 Å². The number of carboxylic acid groups (broad SMARTS) is 1. The maximum atomic E-state index is 12.9. The van der Waals surface area contributed by atoms with E-state index in [-0.39, 0.29) is 22.8 Å². The number of carboxylic acids is 1. The van der Waals surface area contributed by atoms with Crippen molar-refractivity contribution in [3.63, 3.8) is 0 Å². The molecule has 186 valence electrons. The van der Waals surface area contributed by atoms with Crippen LogP contribution in [0.15, 0.2) is 88.2 Å². The number of oxazole rings is 1. The van der Waals surface area contributed by atoms with Crippen molar-refractivity contribution in [2.45, 2.75) is 37.7 Å². The fourth-order valence-electron chi connectivity index (χ4n) is 3.62. The molecule has 0 saturated carbocycles. The van der Waals surface area contributed by atoms with E-state index < -0.39 is 21.4 Å². The Morgan fingerprint density at radius 2 is 1.50 bits per heavy atom. The molecule has 0 aliphatic carbocycles. The summed E-state index contributed by atoms with van der Waals surface area (Å²) >= 11 is 0. The molecule has 0 fully saturated rings. The van der Waals surface area contributed by atoms with E-state index in [1.54, 1.807) is 6.92 Å². The van der Waals surface area contributed by atoms with Gasteiger partial charge in [0.2, 0.25) is 5.89 Å². The van der Waals surface area contributed by atoms with Crippen LogP contribution in [0.4, 0.5) is 0 Å². The van der Waals surface area contributed by atoms with Crippen molar-refractivity contribution in [3.05, 3.63) is 90.3 Å².